The van der Waals surface area contributed by atoms with E-state index in [2.05, 4.69) is 15.6 Å². The largest absolute Gasteiger partial charge is 0.335 e. The molecule has 1 fully saturated rings. The third-order valence-electron chi connectivity index (χ3n) is 4.18. The Morgan fingerprint density at radius 3 is 2.67 bits per heavy atom. The van der Waals surface area contributed by atoms with Gasteiger partial charge in [-0.3, -0.25) is 0 Å². The number of thiazole rings is 1. The van der Waals surface area contributed by atoms with E-state index < -0.39 is 15.1 Å². The third-order valence-corrected chi connectivity index (χ3v) is 7.76. The summed E-state index contributed by atoms with van der Waals surface area (Å²) in [6.45, 7) is 3.28. The second-order valence-electron chi connectivity index (χ2n) is 6.34. The van der Waals surface area contributed by atoms with E-state index in [1.807, 2.05) is 0 Å². The first kappa shape index (κ1) is 17.2. The van der Waals surface area contributed by atoms with E-state index in [1.54, 1.807) is 32.0 Å². The van der Waals surface area contributed by atoms with E-state index in [4.69, 9.17) is 0 Å². The molecule has 2 N–H and O–H groups in total. The number of rotatable bonds is 4. The fraction of sp³-hybridized carbons (Fsp3) is 0.500. The Labute approximate surface area is 145 Å². The van der Waals surface area contributed by atoms with Gasteiger partial charge >= 0.3 is 6.03 Å². The molecule has 0 aliphatic heterocycles. The normalized spacial score (nSPS) is 16.0. The lowest BCUT2D eigenvalue weighted by Crippen LogP contribution is -2.36. The molecule has 0 radical (unpaired) electrons. The molecular formula is C16H21N3O3S2. The summed E-state index contributed by atoms with van der Waals surface area (Å²) in [5.74, 6) is 0. The highest BCUT2D eigenvalue weighted by atomic mass is 32.2. The average molecular weight is 367 g/mol. The number of anilines is 1. The van der Waals surface area contributed by atoms with Crippen molar-refractivity contribution < 1.29 is 13.2 Å². The van der Waals surface area contributed by atoms with Gasteiger partial charge in [0, 0.05) is 11.7 Å². The lowest BCUT2D eigenvalue weighted by atomic mass is 10.2. The van der Waals surface area contributed by atoms with Crippen LogP contribution in [0.1, 0.15) is 39.5 Å². The molecule has 3 rings (SSSR count). The summed E-state index contributed by atoms with van der Waals surface area (Å²) >= 11 is 1.14. The van der Waals surface area contributed by atoms with Gasteiger partial charge in [-0.2, -0.15) is 0 Å². The van der Waals surface area contributed by atoms with Crippen molar-refractivity contribution in [2.75, 3.05) is 5.32 Å². The fourth-order valence-electron chi connectivity index (χ4n) is 2.73. The molecule has 0 spiro atoms. The second-order valence-corrected chi connectivity index (χ2v) is 10.0. The van der Waals surface area contributed by atoms with Crippen molar-refractivity contribution in [2.24, 2.45) is 0 Å². The van der Waals surface area contributed by atoms with Crippen molar-refractivity contribution in [3.05, 3.63) is 18.2 Å². The van der Waals surface area contributed by atoms with Crippen molar-refractivity contribution in [3.8, 4) is 0 Å². The van der Waals surface area contributed by atoms with E-state index in [0.29, 0.717) is 11.2 Å². The molecule has 0 atom stereocenters. The van der Waals surface area contributed by atoms with Crippen LogP contribution in [-0.2, 0) is 9.84 Å². The Balaban J connectivity index is 1.77. The van der Waals surface area contributed by atoms with E-state index in [-0.39, 0.29) is 16.4 Å². The summed E-state index contributed by atoms with van der Waals surface area (Å²) in [6.07, 6.45) is 4.37. The van der Waals surface area contributed by atoms with Gasteiger partial charge in [-0.05, 0) is 44.9 Å². The van der Waals surface area contributed by atoms with Crippen LogP contribution in [0.2, 0.25) is 0 Å². The van der Waals surface area contributed by atoms with Crippen LogP contribution in [0.5, 0.6) is 0 Å². The quantitative estimate of drug-likeness (QED) is 0.865. The van der Waals surface area contributed by atoms with E-state index >= 15 is 0 Å². The number of benzene rings is 1. The fourth-order valence-corrected chi connectivity index (χ4v) is 5.40. The Kier molecular flexibility index (Phi) is 4.78. The molecule has 24 heavy (non-hydrogen) atoms. The van der Waals surface area contributed by atoms with Crippen molar-refractivity contribution in [3.63, 3.8) is 0 Å². The van der Waals surface area contributed by atoms with E-state index in [9.17, 15) is 13.2 Å². The molecule has 1 aromatic heterocycles. The van der Waals surface area contributed by atoms with Gasteiger partial charge in [-0.25, -0.2) is 18.2 Å². The average Bonchev–Trinajstić information content (AvgIpc) is 3.15. The number of sulfone groups is 1. The maximum atomic E-state index is 12.2. The van der Waals surface area contributed by atoms with Gasteiger partial charge in [0.15, 0.2) is 0 Å². The molecule has 8 heteroatoms. The number of carbonyl (C=O) groups is 1. The van der Waals surface area contributed by atoms with Gasteiger partial charge in [0.05, 0.1) is 15.5 Å². The molecule has 2 aromatic rings. The van der Waals surface area contributed by atoms with Crippen LogP contribution in [0.15, 0.2) is 22.5 Å². The monoisotopic (exact) mass is 367 g/mol. The summed E-state index contributed by atoms with van der Waals surface area (Å²) in [5, 5.41) is 5.27. The van der Waals surface area contributed by atoms with Gasteiger partial charge in [0.2, 0.25) is 14.2 Å². The van der Waals surface area contributed by atoms with Gasteiger partial charge in [0.1, 0.15) is 0 Å². The molecule has 2 amide bonds. The number of nitrogens with one attached hydrogen (secondary N) is 2. The minimum atomic E-state index is -3.38. The molecule has 1 saturated carbocycles. The van der Waals surface area contributed by atoms with Crippen LogP contribution in [-0.4, -0.2) is 30.7 Å². The molecule has 1 aromatic carbocycles. The molecule has 130 valence electrons. The number of hydrogen-bond acceptors (Lipinski definition) is 5. The standard InChI is InChI=1S/C16H21N3O3S2/c1-10(2)24(21,22)16-19-13-8-7-12(9-14(13)23-16)18-15(20)17-11-5-3-4-6-11/h7-11H,3-6H2,1-2H3,(H2,17,18,20). The van der Waals surface area contributed by atoms with Gasteiger partial charge in [-0.1, -0.05) is 12.8 Å². The van der Waals surface area contributed by atoms with Crippen molar-refractivity contribution in [2.45, 2.75) is 55.2 Å². The minimum Gasteiger partial charge on any atom is -0.335 e. The first-order valence-electron chi connectivity index (χ1n) is 8.08. The van der Waals surface area contributed by atoms with Gasteiger partial charge < -0.3 is 10.6 Å². The van der Waals surface area contributed by atoms with Crippen molar-refractivity contribution >= 4 is 43.1 Å². The number of aromatic nitrogens is 1. The smallest absolute Gasteiger partial charge is 0.319 e. The molecule has 1 aliphatic rings. The van der Waals surface area contributed by atoms with Crippen molar-refractivity contribution in [1.82, 2.24) is 10.3 Å². The topological polar surface area (TPSA) is 88.2 Å². The minimum absolute atomic E-state index is 0.125. The molecule has 1 heterocycles. The Hall–Kier alpha value is -1.67. The summed E-state index contributed by atoms with van der Waals surface area (Å²) < 4.78 is 25.3. The Morgan fingerprint density at radius 1 is 1.29 bits per heavy atom. The van der Waals surface area contributed by atoms with Crippen LogP contribution < -0.4 is 10.6 Å². The highest BCUT2D eigenvalue weighted by molar-refractivity contribution is 7.94. The lowest BCUT2D eigenvalue weighted by Gasteiger charge is -2.12. The van der Waals surface area contributed by atoms with Crippen LogP contribution >= 0.6 is 11.3 Å². The zero-order valence-electron chi connectivity index (χ0n) is 13.7. The zero-order chi connectivity index (χ0) is 17.3. The SMILES string of the molecule is CC(C)S(=O)(=O)c1nc2ccc(NC(=O)NC3CCCC3)cc2s1. The molecule has 6 nitrogen and oxygen atoms in total. The van der Waals surface area contributed by atoms with Crippen LogP contribution in [0.3, 0.4) is 0 Å². The van der Waals surface area contributed by atoms with Crippen molar-refractivity contribution in [1.29, 1.82) is 0 Å². The molecule has 1 aliphatic carbocycles. The molecular weight excluding hydrogens is 346 g/mol. The highest BCUT2D eigenvalue weighted by Gasteiger charge is 2.23. The predicted molar refractivity (Wildman–Crippen MR) is 96.4 cm³/mol. The van der Waals surface area contributed by atoms with E-state index in [1.165, 1.54) is 0 Å². The number of hydrogen-bond donors (Lipinski definition) is 2. The molecule has 0 saturated heterocycles. The summed E-state index contributed by atoms with van der Waals surface area (Å²) in [5.41, 5.74) is 1.26. The lowest BCUT2D eigenvalue weighted by molar-refractivity contribution is 0.248. The number of amides is 2. The summed E-state index contributed by atoms with van der Waals surface area (Å²) in [7, 11) is -3.38. The Morgan fingerprint density at radius 2 is 2.00 bits per heavy atom. The number of urea groups is 1. The third kappa shape index (κ3) is 3.54. The van der Waals surface area contributed by atoms with E-state index in [0.717, 1.165) is 41.7 Å². The second kappa shape index (κ2) is 6.68. The van der Waals surface area contributed by atoms with Crippen LogP contribution in [0, 0.1) is 0 Å². The first-order valence-corrected chi connectivity index (χ1v) is 10.4. The van der Waals surface area contributed by atoms with Crippen LogP contribution in [0.4, 0.5) is 10.5 Å². The number of fused-ring (bicyclic) bond motifs is 1. The Bertz CT molecular complexity index is 853. The summed E-state index contributed by atoms with van der Waals surface area (Å²) in [4.78, 5) is 16.2. The maximum absolute atomic E-state index is 12.2. The van der Waals surface area contributed by atoms with Gasteiger partial charge in [-0.15, -0.1) is 11.3 Å². The van der Waals surface area contributed by atoms with Crippen LogP contribution in [0.25, 0.3) is 10.2 Å². The first-order chi connectivity index (χ1) is 11.4. The number of carbonyl (C=O) groups excluding carboxylic acids is 1. The zero-order valence-corrected chi connectivity index (χ0v) is 15.3. The molecule has 0 bridgehead atoms. The predicted octanol–water partition coefficient (Wildman–Crippen LogP) is 3.54. The highest BCUT2D eigenvalue weighted by Crippen LogP contribution is 2.30. The maximum Gasteiger partial charge on any atom is 0.319 e. The van der Waals surface area contributed by atoms with Gasteiger partial charge in [0.25, 0.3) is 0 Å². The molecule has 0 unspecified atom stereocenters. The number of nitrogens with zero attached hydrogens (tertiary/aromatic N) is 1. The summed E-state index contributed by atoms with van der Waals surface area (Å²) in [6, 6.07) is 5.26.